The Balaban J connectivity index is 1.75. The molecule has 1 N–H and O–H groups in total. The monoisotopic (exact) mass is 319 g/mol. The van der Waals surface area contributed by atoms with Gasteiger partial charge in [-0.2, -0.15) is 0 Å². The number of benzene rings is 3. The summed E-state index contributed by atoms with van der Waals surface area (Å²) in [5.74, 6) is 1.53. The molecule has 0 bridgehead atoms. The van der Waals surface area contributed by atoms with E-state index >= 15 is 0 Å². The molecule has 0 aromatic heterocycles. The molecule has 3 heteroatoms. The first-order chi connectivity index (χ1) is 11.9. The number of para-hydroxylation sites is 2. The van der Waals surface area contributed by atoms with Crippen LogP contribution in [0.5, 0.6) is 11.5 Å². The van der Waals surface area contributed by atoms with Gasteiger partial charge < -0.3 is 14.8 Å². The molecule has 3 aromatic rings. The molecule has 0 saturated carbocycles. The number of anilines is 1. The maximum atomic E-state index is 6.07. The van der Waals surface area contributed by atoms with Gasteiger partial charge in [0.1, 0.15) is 6.61 Å². The number of rotatable bonds is 7. The van der Waals surface area contributed by atoms with Gasteiger partial charge in [0.05, 0.1) is 7.11 Å². The van der Waals surface area contributed by atoms with Crippen molar-refractivity contribution in [3.05, 3.63) is 90.0 Å². The smallest absolute Gasteiger partial charge is 0.166 e. The van der Waals surface area contributed by atoms with E-state index in [1.54, 1.807) is 7.11 Å². The molecule has 122 valence electrons. The van der Waals surface area contributed by atoms with Crippen LogP contribution in [0.3, 0.4) is 0 Å². The molecular formula is C21H21NO2. The van der Waals surface area contributed by atoms with Gasteiger partial charge in [0.25, 0.3) is 0 Å². The van der Waals surface area contributed by atoms with Crippen molar-refractivity contribution < 1.29 is 9.47 Å². The van der Waals surface area contributed by atoms with E-state index in [0.29, 0.717) is 13.2 Å². The Morgan fingerprint density at radius 1 is 0.792 bits per heavy atom. The summed E-state index contributed by atoms with van der Waals surface area (Å²) in [4.78, 5) is 0. The summed E-state index contributed by atoms with van der Waals surface area (Å²) in [5, 5.41) is 3.42. The first-order valence-corrected chi connectivity index (χ1v) is 7.98. The van der Waals surface area contributed by atoms with Crippen molar-refractivity contribution in [2.45, 2.75) is 13.2 Å². The van der Waals surface area contributed by atoms with Crippen LogP contribution in [0.15, 0.2) is 78.9 Å². The molecule has 0 heterocycles. The fraction of sp³-hybridized carbons (Fsp3) is 0.143. The molecule has 0 radical (unpaired) electrons. The average Bonchev–Trinajstić information content (AvgIpc) is 2.66. The lowest BCUT2D eigenvalue weighted by Gasteiger charge is -2.16. The first-order valence-electron chi connectivity index (χ1n) is 7.98. The van der Waals surface area contributed by atoms with Gasteiger partial charge >= 0.3 is 0 Å². The van der Waals surface area contributed by atoms with E-state index in [4.69, 9.17) is 9.47 Å². The second kappa shape index (κ2) is 8.06. The molecule has 0 fully saturated rings. The number of hydrogen-bond donors (Lipinski definition) is 1. The molecule has 3 nitrogen and oxygen atoms in total. The van der Waals surface area contributed by atoms with E-state index in [9.17, 15) is 0 Å². The van der Waals surface area contributed by atoms with Crippen molar-refractivity contribution in [2.75, 3.05) is 12.4 Å². The largest absolute Gasteiger partial charge is 0.493 e. The van der Waals surface area contributed by atoms with Crippen LogP contribution in [0.25, 0.3) is 0 Å². The number of nitrogens with one attached hydrogen (secondary N) is 1. The summed E-state index contributed by atoms with van der Waals surface area (Å²) in [6, 6.07) is 26.2. The molecule has 0 aliphatic rings. The molecule has 24 heavy (non-hydrogen) atoms. The Hall–Kier alpha value is -2.94. The van der Waals surface area contributed by atoms with Crippen LogP contribution in [0.1, 0.15) is 11.1 Å². The second-order valence-electron chi connectivity index (χ2n) is 5.44. The summed E-state index contributed by atoms with van der Waals surface area (Å²) < 4.78 is 11.5. The second-order valence-corrected chi connectivity index (χ2v) is 5.44. The van der Waals surface area contributed by atoms with E-state index in [-0.39, 0.29) is 0 Å². The van der Waals surface area contributed by atoms with Crippen molar-refractivity contribution in [3.8, 4) is 11.5 Å². The fourth-order valence-electron chi connectivity index (χ4n) is 2.51. The van der Waals surface area contributed by atoms with Crippen LogP contribution in [-0.4, -0.2) is 7.11 Å². The van der Waals surface area contributed by atoms with Gasteiger partial charge in [0.2, 0.25) is 0 Å². The first kappa shape index (κ1) is 15.9. The lowest BCUT2D eigenvalue weighted by atomic mass is 10.1. The number of ether oxygens (including phenoxy) is 2. The third-order valence-electron chi connectivity index (χ3n) is 3.76. The van der Waals surface area contributed by atoms with Gasteiger partial charge in [-0.25, -0.2) is 0 Å². The van der Waals surface area contributed by atoms with Crippen molar-refractivity contribution in [1.29, 1.82) is 0 Å². The van der Waals surface area contributed by atoms with Gasteiger partial charge in [-0.1, -0.05) is 60.7 Å². The Bertz CT molecular complexity index is 757. The van der Waals surface area contributed by atoms with Gasteiger partial charge in [0.15, 0.2) is 11.5 Å². The molecular weight excluding hydrogens is 298 g/mol. The Kier molecular flexibility index (Phi) is 5.36. The predicted octanol–water partition coefficient (Wildman–Crippen LogP) is 4.89. The molecule has 0 atom stereocenters. The van der Waals surface area contributed by atoms with E-state index in [0.717, 1.165) is 28.3 Å². The van der Waals surface area contributed by atoms with Crippen LogP contribution < -0.4 is 14.8 Å². The minimum atomic E-state index is 0.513. The quantitative estimate of drug-likeness (QED) is 0.673. The lowest BCUT2D eigenvalue weighted by Crippen LogP contribution is -2.05. The summed E-state index contributed by atoms with van der Waals surface area (Å²) in [6.07, 6.45) is 0. The average molecular weight is 319 g/mol. The van der Waals surface area contributed by atoms with Gasteiger partial charge in [-0.3, -0.25) is 0 Å². The zero-order valence-electron chi connectivity index (χ0n) is 13.7. The van der Waals surface area contributed by atoms with E-state index < -0.39 is 0 Å². The molecule has 0 saturated heterocycles. The van der Waals surface area contributed by atoms with Crippen molar-refractivity contribution in [2.24, 2.45) is 0 Å². The molecule has 0 aliphatic carbocycles. The third kappa shape index (κ3) is 4.07. The molecule has 3 aromatic carbocycles. The van der Waals surface area contributed by atoms with Crippen LogP contribution >= 0.6 is 0 Å². The maximum Gasteiger partial charge on any atom is 0.166 e. The van der Waals surface area contributed by atoms with Crippen molar-refractivity contribution in [1.82, 2.24) is 0 Å². The highest BCUT2D eigenvalue weighted by Gasteiger charge is 2.11. The zero-order valence-corrected chi connectivity index (χ0v) is 13.7. The van der Waals surface area contributed by atoms with Gasteiger partial charge in [-0.05, 0) is 23.8 Å². The van der Waals surface area contributed by atoms with Gasteiger partial charge in [0, 0.05) is 17.8 Å². The highest BCUT2D eigenvalue weighted by Crippen LogP contribution is 2.32. The van der Waals surface area contributed by atoms with Crippen LogP contribution in [-0.2, 0) is 13.2 Å². The maximum absolute atomic E-state index is 6.07. The Morgan fingerprint density at radius 3 is 2.21 bits per heavy atom. The standard InChI is InChI=1S/C21H21NO2/c1-23-20-14-8-11-18(15-22-19-12-6-3-7-13-19)21(20)24-16-17-9-4-2-5-10-17/h2-14,22H,15-16H2,1H3. The SMILES string of the molecule is COc1cccc(CNc2ccccc2)c1OCc1ccccc1. The minimum Gasteiger partial charge on any atom is -0.493 e. The topological polar surface area (TPSA) is 30.5 Å². The number of methoxy groups -OCH3 is 1. The third-order valence-corrected chi connectivity index (χ3v) is 3.76. The summed E-state index contributed by atoms with van der Waals surface area (Å²) >= 11 is 0. The van der Waals surface area contributed by atoms with E-state index in [1.807, 2.05) is 60.7 Å². The Labute approximate surface area is 142 Å². The molecule has 0 spiro atoms. The van der Waals surface area contributed by atoms with Crippen molar-refractivity contribution in [3.63, 3.8) is 0 Å². The summed E-state index contributed by atoms with van der Waals surface area (Å²) in [6.45, 7) is 1.19. The summed E-state index contributed by atoms with van der Waals surface area (Å²) in [5.41, 5.74) is 3.27. The molecule has 0 unspecified atom stereocenters. The minimum absolute atomic E-state index is 0.513. The number of hydrogen-bond acceptors (Lipinski definition) is 3. The Morgan fingerprint density at radius 2 is 1.50 bits per heavy atom. The van der Waals surface area contributed by atoms with E-state index in [2.05, 4.69) is 23.5 Å². The van der Waals surface area contributed by atoms with Crippen LogP contribution in [0.4, 0.5) is 5.69 Å². The highest BCUT2D eigenvalue weighted by atomic mass is 16.5. The van der Waals surface area contributed by atoms with E-state index in [1.165, 1.54) is 0 Å². The lowest BCUT2D eigenvalue weighted by molar-refractivity contribution is 0.281. The zero-order chi connectivity index (χ0) is 16.6. The van der Waals surface area contributed by atoms with Gasteiger partial charge in [-0.15, -0.1) is 0 Å². The fourth-order valence-corrected chi connectivity index (χ4v) is 2.51. The van der Waals surface area contributed by atoms with Crippen LogP contribution in [0.2, 0.25) is 0 Å². The molecule has 0 amide bonds. The van der Waals surface area contributed by atoms with Crippen molar-refractivity contribution >= 4 is 5.69 Å². The van der Waals surface area contributed by atoms with Crippen LogP contribution in [0, 0.1) is 0 Å². The predicted molar refractivity (Wildman–Crippen MR) is 97.5 cm³/mol. The summed E-state index contributed by atoms with van der Waals surface area (Å²) in [7, 11) is 1.67. The normalized spacial score (nSPS) is 10.2. The molecule has 3 rings (SSSR count). The molecule has 0 aliphatic heterocycles. The highest BCUT2D eigenvalue weighted by molar-refractivity contribution is 5.50.